The van der Waals surface area contributed by atoms with Crippen LogP contribution < -0.4 is 4.74 Å². The quantitative estimate of drug-likeness (QED) is 0.674. The standard InChI is InChI=1S/C13H14BrF3O3S/c1-7-3-2-4-8(5-7)19-11(18)10-6-9(14)12(21-10)20-13(15,16)17/h6-8H,2-5H2,1H3. The van der Waals surface area contributed by atoms with Gasteiger partial charge in [0.2, 0.25) is 0 Å². The van der Waals surface area contributed by atoms with Crippen LogP contribution in [-0.2, 0) is 4.74 Å². The van der Waals surface area contributed by atoms with E-state index >= 15 is 0 Å². The van der Waals surface area contributed by atoms with Gasteiger partial charge in [0.15, 0.2) is 5.06 Å². The van der Waals surface area contributed by atoms with Crippen molar-refractivity contribution in [3.8, 4) is 5.06 Å². The molecule has 0 bridgehead atoms. The normalized spacial score (nSPS) is 22.9. The van der Waals surface area contributed by atoms with Gasteiger partial charge in [-0.3, -0.25) is 0 Å². The Labute approximate surface area is 132 Å². The van der Waals surface area contributed by atoms with Crippen molar-refractivity contribution in [3.05, 3.63) is 15.4 Å². The average Bonchev–Trinajstić information content (AvgIpc) is 2.69. The maximum atomic E-state index is 12.2. The summed E-state index contributed by atoms with van der Waals surface area (Å²) in [5, 5.41) is -0.397. The summed E-state index contributed by atoms with van der Waals surface area (Å²) in [6.07, 6.45) is -1.24. The number of rotatable bonds is 3. The fraction of sp³-hybridized carbons (Fsp3) is 0.615. The van der Waals surface area contributed by atoms with Crippen molar-refractivity contribution in [2.45, 2.75) is 45.1 Å². The summed E-state index contributed by atoms with van der Waals surface area (Å²) >= 11 is 3.57. The number of hydrogen-bond acceptors (Lipinski definition) is 4. The number of carbonyl (C=O) groups is 1. The Morgan fingerprint density at radius 1 is 1.43 bits per heavy atom. The van der Waals surface area contributed by atoms with Crippen molar-refractivity contribution in [3.63, 3.8) is 0 Å². The fourth-order valence-corrected chi connectivity index (χ4v) is 3.83. The molecule has 1 aliphatic carbocycles. The number of ether oxygens (including phenoxy) is 2. The van der Waals surface area contributed by atoms with Crippen LogP contribution in [0.15, 0.2) is 10.5 Å². The molecular weight excluding hydrogens is 373 g/mol. The summed E-state index contributed by atoms with van der Waals surface area (Å²) in [6.45, 7) is 2.09. The zero-order valence-corrected chi connectivity index (χ0v) is 13.6. The minimum atomic E-state index is -4.78. The van der Waals surface area contributed by atoms with Crippen molar-refractivity contribution in [2.24, 2.45) is 5.92 Å². The second kappa shape index (κ2) is 6.56. The molecule has 0 radical (unpaired) electrons. The van der Waals surface area contributed by atoms with E-state index in [1.54, 1.807) is 0 Å². The summed E-state index contributed by atoms with van der Waals surface area (Å²) in [4.78, 5) is 12.1. The van der Waals surface area contributed by atoms with E-state index in [9.17, 15) is 18.0 Å². The molecule has 1 fully saturated rings. The zero-order valence-electron chi connectivity index (χ0n) is 11.2. The van der Waals surface area contributed by atoms with Crippen LogP contribution in [0.5, 0.6) is 5.06 Å². The van der Waals surface area contributed by atoms with Gasteiger partial charge in [-0.25, -0.2) is 4.79 Å². The Hall–Kier alpha value is -0.760. The summed E-state index contributed by atoms with van der Waals surface area (Å²) in [5.41, 5.74) is 0. The van der Waals surface area contributed by atoms with Crippen LogP contribution in [0.4, 0.5) is 13.2 Å². The summed E-state index contributed by atoms with van der Waals surface area (Å²) in [7, 11) is 0. The third-order valence-corrected chi connectivity index (χ3v) is 5.07. The Kier molecular flexibility index (Phi) is 5.19. The molecule has 1 saturated carbocycles. The molecule has 8 heteroatoms. The van der Waals surface area contributed by atoms with Crippen molar-refractivity contribution in [1.82, 2.24) is 0 Å². The first-order chi connectivity index (χ1) is 9.74. The number of hydrogen-bond donors (Lipinski definition) is 0. The lowest BCUT2D eigenvalue weighted by molar-refractivity contribution is -0.273. The van der Waals surface area contributed by atoms with E-state index in [0.717, 1.165) is 25.7 Å². The van der Waals surface area contributed by atoms with Crippen molar-refractivity contribution in [1.29, 1.82) is 0 Å². The average molecular weight is 387 g/mol. The highest BCUT2D eigenvalue weighted by Crippen LogP contribution is 2.39. The number of alkyl halides is 3. The minimum Gasteiger partial charge on any atom is -0.458 e. The molecule has 2 rings (SSSR count). The van der Waals surface area contributed by atoms with E-state index in [1.165, 1.54) is 6.07 Å². The molecule has 0 aromatic carbocycles. The number of esters is 1. The highest BCUT2D eigenvalue weighted by Gasteiger charge is 2.34. The third kappa shape index (κ3) is 4.88. The lowest BCUT2D eigenvalue weighted by Crippen LogP contribution is -2.24. The predicted molar refractivity (Wildman–Crippen MR) is 75.5 cm³/mol. The second-order valence-corrected chi connectivity index (χ2v) is 6.96. The number of carbonyl (C=O) groups excluding carboxylic acids is 1. The molecule has 1 aliphatic rings. The molecule has 0 saturated heterocycles. The molecule has 0 aliphatic heterocycles. The zero-order chi connectivity index (χ0) is 15.6. The summed E-state index contributed by atoms with van der Waals surface area (Å²) < 4.78 is 45.9. The van der Waals surface area contributed by atoms with E-state index in [-0.39, 0.29) is 15.5 Å². The first-order valence-electron chi connectivity index (χ1n) is 6.50. The molecule has 2 atom stereocenters. The Balaban J connectivity index is 2.01. The van der Waals surface area contributed by atoms with Gasteiger partial charge >= 0.3 is 12.3 Å². The Bertz CT molecular complexity index is 515. The van der Waals surface area contributed by atoms with E-state index in [2.05, 4.69) is 27.6 Å². The van der Waals surface area contributed by atoms with Crippen LogP contribution in [0.1, 0.15) is 42.3 Å². The smallest absolute Gasteiger partial charge is 0.458 e. The van der Waals surface area contributed by atoms with Crippen molar-refractivity contribution in [2.75, 3.05) is 0 Å². The molecule has 0 amide bonds. The van der Waals surface area contributed by atoms with Gasteiger partial charge in [-0.15, -0.1) is 13.2 Å². The molecule has 1 aromatic heterocycles. The van der Waals surface area contributed by atoms with Gasteiger partial charge in [0.05, 0.1) is 4.47 Å². The first kappa shape index (κ1) is 16.6. The van der Waals surface area contributed by atoms with Gasteiger partial charge in [-0.05, 0) is 47.2 Å². The summed E-state index contributed by atoms with van der Waals surface area (Å²) in [5.74, 6) is -0.104. The highest BCUT2D eigenvalue weighted by molar-refractivity contribution is 9.10. The first-order valence-corrected chi connectivity index (χ1v) is 8.11. The maximum absolute atomic E-state index is 12.2. The van der Waals surface area contributed by atoms with Crippen LogP contribution in [0.2, 0.25) is 0 Å². The molecule has 3 nitrogen and oxygen atoms in total. The van der Waals surface area contributed by atoms with Gasteiger partial charge < -0.3 is 9.47 Å². The van der Waals surface area contributed by atoms with Gasteiger partial charge in [0.25, 0.3) is 0 Å². The van der Waals surface area contributed by atoms with Crippen molar-refractivity contribution >= 4 is 33.2 Å². The van der Waals surface area contributed by atoms with Gasteiger partial charge in [-0.2, -0.15) is 0 Å². The lowest BCUT2D eigenvalue weighted by Gasteiger charge is -2.26. The Morgan fingerprint density at radius 2 is 2.14 bits per heavy atom. The lowest BCUT2D eigenvalue weighted by atomic mass is 9.89. The molecular formula is C13H14BrF3O3S. The van der Waals surface area contributed by atoms with Crippen LogP contribution in [0.3, 0.4) is 0 Å². The van der Waals surface area contributed by atoms with Crippen LogP contribution >= 0.6 is 27.3 Å². The third-order valence-electron chi connectivity index (χ3n) is 3.23. The Morgan fingerprint density at radius 3 is 2.76 bits per heavy atom. The van der Waals surface area contributed by atoms with Crippen LogP contribution in [0, 0.1) is 5.92 Å². The van der Waals surface area contributed by atoms with Crippen LogP contribution in [0.25, 0.3) is 0 Å². The molecule has 2 unspecified atom stereocenters. The van der Waals surface area contributed by atoms with E-state index in [4.69, 9.17) is 4.74 Å². The minimum absolute atomic E-state index is 0.0915. The molecule has 0 N–H and O–H groups in total. The molecule has 21 heavy (non-hydrogen) atoms. The molecule has 118 valence electrons. The van der Waals surface area contributed by atoms with E-state index in [1.807, 2.05) is 0 Å². The predicted octanol–water partition coefficient (Wildman–Crippen LogP) is 5.14. The SMILES string of the molecule is CC1CCCC(OC(=O)c2cc(Br)c(OC(F)(F)F)s2)C1. The largest absolute Gasteiger partial charge is 0.573 e. The fourth-order valence-electron chi connectivity index (χ4n) is 2.32. The monoisotopic (exact) mass is 386 g/mol. The summed E-state index contributed by atoms with van der Waals surface area (Å²) in [6, 6.07) is 1.29. The van der Waals surface area contributed by atoms with Gasteiger partial charge in [-0.1, -0.05) is 24.7 Å². The van der Waals surface area contributed by atoms with Crippen molar-refractivity contribution < 1.29 is 27.4 Å². The van der Waals surface area contributed by atoms with E-state index in [0.29, 0.717) is 17.3 Å². The second-order valence-electron chi connectivity index (χ2n) is 5.09. The number of halogens is 4. The maximum Gasteiger partial charge on any atom is 0.573 e. The van der Waals surface area contributed by atoms with Crippen LogP contribution in [-0.4, -0.2) is 18.4 Å². The molecule has 1 heterocycles. The molecule has 0 spiro atoms. The molecule has 1 aromatic rings. The highest BCUT2D eigenvalue weighted by atomic mass is 79.9. The van der Waals surface area contributed by atoms with E-state index < -0.39 is 17.4 Å². The number of thiophene rings is 1. The van der Waals surface area contributed by atoms with Gasteiger partial charge in [0, 0.05) is 0 Å². The topological polar surface area (TPSA) is 35.5 Å². The van der Waals surface area contributed by atoms with Gasteiger partial charge in [0.1, 0.15) is 11.0 Å².